The van der Waals surface area contributed by atoms with Gasteiger partial charge in [0.1, 0.15) is 0 Å². The van der Waals surface area contributed by atoms with Crippen molar-refractivity contribution in [1.82, 2.24) is 5.32 Å². The quantitative estimate of drug-likeness (QED) is 0.914. The van der Waals surface area contributed by atoms with E-state index in [1.165, 1.54) is 0 Å². The molecule has 1 unspecified atom stereocenters. The minimum absolute atomic E-state index is 0.00324. The molecule has 1 aliphatic heterocycles. The number of nitrogens with zero attached hydrogens (tertiary/aromatic N) is 1. The Morgan fingerprint density at radius 2 is 1.80 bits per heavy atom. The van der Waals surface area contributed by atoms with Crippen LogP contribution in [0.3, 0.4) is 0 Å². The summed E-state index contributed by atoms with van der Waals surface area (Å²) in [4.78, 5) is 27.6. The number of likely N-dealkylation sites (N-methyl/N-ethyl adjacent to an activating group) is 1. The van der Waals surface area contributed by atoms with E-state index in [9.17, 15) is 9.59 Å². The van der Waals surface area contributed by atoms with Crippen LogP contribution >= 0.6 is 0 Å². The van der Waals surface area contributed by atoms with Crippen molar-refractivity contribution in [2.24, 2.45) is 0 Å². The van der Waals surface area contributed by atoms with E-state index >= 15 is 0 Å². The lowest BCUT2D eigenvalue weighted by molar-refractivity contribution is -0.129. The van der Waals surface area contributed by atoms with Crippen molar-refractivity contribution >= 4 is 17.5 Å². The number of amides is 2. The number of carbonyl (C=O) groups excluding carboxylic acids is 2. The predicted molar refractivity (Wildman–Crippen MR) is 97.5 cm³/mol. The first-order chi connectivity index (χ1) is 12.1. The van der Waals surface area contributed by atoms with Gasteiger partial charge in [-0.3, -0.25) is 9.59 Å². The van der Waals surface area contributed by atoms with Gasteiger partial charge in [0.15, 0.2) is 0 Å². The van der Waals surface area contributed by atoms with Crippen molar-refractivity contribution in [2.75, 3.05) is 11.9 Å². The molecule has 1 fully saturated rings. The molecular weight excluding hydrogens is 312 g/mol. The Bertz CT molecular complexity index is 814. The lowest BCUT2D eigenvalue weighted by atomic mass is 9.73. The summed E-state index contributed by atoms with van der Waals surface area (Å²) in [6, 6.07) is 18.1. The lowest BCUT2D eigenvalue weighted by Gasteiger charge is -2.28. The Balaban J connectivity index is 1.75. The maximum Gasteiger partial charge on any atom is 0.238 e. The predicted octanol–water partition coefficient (Wildman–Crippen LogP) is 2.81. The largest absolute Gasteiger partial charge is 0.353 e. The molecule has 0 aromatic heterocycles. The molecule has 4 heteroatoms. The van der Waals surface area contributed by atoms with Gasteiger partial charge in [0, 0.05) is 25.2 Å². The second-order valence-corrected chi connectivity index (χ2v) is 7.14. The summed E-state index contributed by atoms with van der Waals surface area (Å²) in [5.74, 6) is -0.0274. The van der Waals surface area contributed by atoms with Gasteiger partial charge in [-0.05, 0) is 36.5 Å². The van der Waals surface area contributed by atoms with Crippen LogP contribution in [0, 0.1) is 0 Å². The Hall–Kier alpha value is -2.62. The molecule has 2 aromatic rings. The third-order valence-electron chi connectivity index (χ3n) is 5.25. The van der Waals surface area contributed by atoms with Crippen LogP contribution in [0.15, 0.2) is 54.6 Å². The SMILES string of the molecule is CN1C(=O)C(CC(=O)NC2CC2)(Cc2ccccc2)c2ccccc21. The van der Waals surface area contributed by atoms with E-state index in [0.717, 1.165) is 29.7 Å². The van der Waals surface area contributed by atoms with Crippen molar-refractivity contribution in [1.29, 1.82) is 0 Å². The number of benzene rings is 2. The van der Waals surface area contributed by atoms with Crippen molar-refractivity contribution in [3.05, 3.63) is 65.7 Å². The van der Waals surface area contributed by atoms with Crippen molar-refractivity contribution < 1.29 is 9.59 Å². The number of anilines is 1. The Morgan fingerprint density at radius 3 is 2.52 bits per heavy atom. The average molecular weight is 334 g/mol. The standard InChI is InChI=1S/C21H22N2O2/c1-23-18-10-6-5-9-17(18)21(20(23)25,13-15-7-3-2-4-8-15)14-19(24)22-16-11-12-16/h2-10,16H,11-14H2,1H3,(H,22,24). The van der Waals surface area contributed by atoms with Crippen LogP contribution in [0.2, 0.25) is 0 Å². The van der Waals surface area contributed by atoms with Gasteiger partial charge in [-0.1, -0.05) is 48.5 Å². The molecule has 1 N–H and O–H groups in total. The van der Waals surface area contributed by atoms with E-state index in [0.29, 0.717) is 12.5 Å². The molecule has 0 saturated heterocycles. The van der Waals surface area contributed by atoms with Crippen LogP contribution in [0.1, 0.15) is 30.4 Å². The summed E-state index contributed by atoms with van der Waals surface area (Å²) in [6.07, 6.45) is 2.81. The fraction of sp³-hybridized carbons (Fsp3) is 0.333. The first-order valence-corrected chi connectivity index (χ1v) is 8.81. The van der Waals surface area contributed by atoms with E-state index in [2.05, 4.69) is 5.32 Å². The van der Waals surface area contributed by atoms with Gasteiger partial charge >= 0.3 is 0 Å². The summed E-state index contributed by atoms with van der Waals surface area (Å²) < 4.78 is 0. The molecule has 0 radical (unpaired) electrons. The van der Waals surface area contributed by atoms with Gasteiger partial charge in [0.05, 0.1) is 5.41 Å². The van der Waals surface area contributed by atoms with Crippen LogP contribution in [0.4, 0.5) is 5.69 Å². The summed E-state index contributed by atoms with van der Waals surface area (Å²) in [5.41, 5.74) is 2.10. The first-order valence-electron chi connectivity index (χ1n) is 8.81. The van der Waals surface area contributed by atoms with Crippen molar-refractivity contribution in [3.8, 4) is 0 Å². The summed E-state index contributed by atoms with van der Waals surface area (Å²) in [5, 5.41) is 3.05. The normalized spacial score (nSPS) is 22.0. The van der Waals surface area contributed by atoms with Gasteiger partial charge in [-0.25, -0.2) is 0 Å². The van der Waals surface area contributed by atoms with Gasteiger partial charge < -0.3 is 10.2 Å². The smallest absolute Gasteiger partial charge is 0.238 e. The number of fused-ring (bicyclic) bond motifs is 1. The molecule has 1 heterocycles. The zero-order valence-electron chi connectivity index (χ0n) is 14.4. The molecule has 2 aromatic carbocycles. The fourth-order valence-corrected chi connectivity index (χ4v) is 3.85. The van der Waals surface area contributed by atoms with Crippen LogP contribution in [0.5, 0.6) is 0 Å². The monoisotopic (exact) mass is 334 g/mol. The highest BCUT2D eigenvalue weighted by molar-refractivity contribution is 6.10. The zero-order chi connectivity index (χ0) is 17.4. The molecule has 2 amide bonds. The van der Waals surface area contributed by atoms with E-state index in [-0.39, 0.29) is 18.2 Å². The summed E-state index contributed by atoms with van der Waals surface area (Å²) >= 11 is 0. The van der Waals surface area contributed by atoms with Crippen LogP contribution in [0.25, 0.3) is 0 Å². The zero-order valence-corrected chi connectivity index (χ0v) is 14.4. The third kappa shape index (κ3) is 2.82. The average Bonchev–Trinajstić information content (AvgIpc) is 3.41. The number of para-hydroxylation sites is 1. The second-order valence-electron chi connectivity index (χ2n) is 7.14. The highest BCUT2D eigenvalue weighted by Gasteiger charge is 2.51. The second kappa shape index (κ2) is 6.03. The maximum atomic E-state index is 13.3. The molecule has 4 nitrogen and oxygen atoms in total. The van der Waals surface area contributed by atoms with Crippen LogP contribution in [-0.4, -0.2) is 24.9 Å². The first kappa shape index (κ1) is 15.9. The summed E-state index contributed by atoms with van der Waals surface area (Å²) in [6.45, 7) is 0. The molecule has 25 heavy (non-hydrogen) atoms. The van der Waals surface area contributed by atoms with Crippen molar-refractivity contribution in [3.63, 3.8) is 0 Å². The van der Waals surface area contributed by atoms with Crippen LogP contribution < -0.4 is 10.2 Å². The highest BCUT2D eigenvalue weighted by Crippen LogP contribution is 2.45. The van der Waals surface area contributed by atoms with Crippen LogP contribution in [-0.2, 0) is 21.4 Å². The number of hydrogen-bond donors (Lipinski definition) is 1. The van der Waals surface area contributed by atoms with Gasteiger partial charge in [-0.15, -0.1) is 0 Å². The van der Waals surface area contributed by atoms with Crippen molar-refractivity contribution in [2.45, 2.75) is 37.1 Å². The highest BCUT2D eigenvalue weighted by atomic mass is 16.2. The maximum absolute atomic E-state index is 13.3. The third-order valence-corrected chi connectivity index (χ3v) is 5.25. The van der Waals surface area contributed by atoms with E-state index in [1.54, 1.807) is 11.9 Å². The Kier molecular flexibility index (Phi) is 3.83. The van der Waals surface area contributed by atoms with Gasteiger partial charge in [0.2, 0.25) is 11.8 Å². The van der Waals surface area contributed by atoms with E-state index in [4.69, 9.17) is 0 Å². The molecule has 0 spiro atoms. The molecule has 1 aliphatic carbocycles. The lowest BCUT2D eigenvalue weighted by Crippen LogP contribution is -2.44. The van der Waals surface area contributed by atoms with E-state index in [1.807, 2.05) is 54.6 Å². The minimum Gasteiger partial charge on any atom is -0.353 e. The number of carbonyl (C=O) groups is 2. The molecular formula is C21H22N2O2. The molecule has 2 aliphatic rings. The van der Waals surface area contributed by atoms with E-state index < -0.39 is 5.41 Å². The molecule has 1 saturated carbocycles. The Morgan fingerprint density at radius 1 is 1.12 bits per heavy atom. The number of nitrogens with one attached hydrogen (secondary N) is 1. The molecule has 0 bridgehead atoms. The number of rotatable bonds is 5. The molecule has 4 rings (SSSR count). The molecule has 1 atom stereocenters. The topological polar surface area (TPSA) is 49.4 Å². The number of hydrogen-bond acceptors (Lipinski definition) is 2. The fourth-order valence-electron chi connectivity index (χ4n) is 3.85. The van der Waals surface area contributed by atoms with Gasteiger partial charge in [0.25, 0.3) is 0 Å². The minimum atomic E-state index is -0.828. The Labute approximate surface area is 147 Å². The van der Waals surface area contributed by atoms with Gasteiger partial charge in [-0.2, -0.15) is 0 Å². The summed E-state index contributed by atoms with van der Waals surface area (Å²) in [7, 11) is 1.80. The molecule has 128 valence electrons.